The Morgan fingerprint density at radius 3 is 2.43 bits per heavy atom. The smallest absolute Gasteiger partial charge is 0.449 e. The molecular weight excluding hydrogens is 464 g/mol. The predicted molar refractivity (Wildman–Crippen MR) is 121 cm³/mol. The van der Waals surface area contributed by atoms with Crippen LogP contribution < -0.4 is 20.9 Å². The van der Waals surface area contributed by atoms with Gasteiger partial charge in [-0.25, -0.2) is 14.4 Å². The van der Waals surface area contributed by atoms with E-state index in [-0.39, 0.29) is 30.1 Å². The highest BCUT2D eigenvalue weighted by molar-refractivity contribution is 5.89. The van der Waals surface area contributed by atoms with Crippen molar-refractivity contribution >= 4 is 23.6 Å². The minimum atomic E-state index is -1.76. The van der Waals surface area contributed by atoms with E-state index in [1.54, 1.807) is 12.1 Å². The van der Waals surface area contributed by atoms with E-state index in [0.29, 0.717) is 17.8 Å². The molecule has 1 N–H and O–H groups in total. The molecule has 0 bridgehead atoms. The lowest BCUT2D eigenvalue weighted by Crippen LogP contribution is -2.40. The maximum atomic E-state index is 13.3. The average Bonchev–Trinajstić information content (AvgIpc) is 3.25. The van der Waals surface area contributed by atoms with Crippen molar-refractivity contribution in [2.45, 2.75) is 13.5 Å². The Bertz CT molecular complexity index is 1460. The van der Waals surface area contributed by atoms with Gasteiger partial charge in [-0.2, -0.15) is 0 Å². The second-order valence-electron chi connectivity index (χ2n) is 7.51. The first kappa shape index (κ1) is 23.2. The molecule has 3 aromatic rings. The Morgan fingerprint density at radius 2 is 1.83 bits per heavy atom. The van der Waals surface area contributed by atoms with Crippen molar-refractivity contribution in [1.29, 1.82) is 0 Å². The molecular formula is C22H18N4O9. The predicted octanol–water partition coefficient (Wildman–Crippen LogP) is 2.28. The average molecular weight is 482 g/mol. The first-order valence-corrected chi connectivity index (χ1v) is 10.2. The van der Waals surface area contributed by atoms with Gasteiger partial charge in [0.15, 0.2) is 0 Å². The number of ether oxygens (including phenoxy) is 2. The number of cyclic esters (lactones) is 1. The monoisotopic (exact) mass is 482 g/mol. The van der Waals surface area contributed by atoms with Crippen LogP contribution in [0, 0.1) is 17.0 Å². The molecule has 0 atom stereocenters. The molecule has 13 heteroatoms. The standard InChI is InChI=1S/C22H18N4O9/c1-13-14(3-2-4-17(13)26(32)33)11-25-19(27)18(35-22(30)31)12-24(20(25)28)16-7-5-15(6-8-16)23-9-10-34-21(23)29/h2-8,12H,9-11H2,1H3,(H,30,31). The summed E-state index contributed by atoms with van der Waals surface area (Å²) in [5.41, 5.74) is -0.687. The molecule has 13 nitrogen and oxygen atoms in total. The highest BCUT2D eigenvalue weighted by Crippen LogP contribution is 2.23. The molecule has 1 aliphatic heterocycles. The third-order valence-electron chi connectivity index (χ3n) is 5.48. The molecule has 180 valence electrons. The van der Waals surface area contributed by atoms with Crippen LogP contribution in [0.25, 0.3) is 5.69 Å². The number of anilines is 1. The van der Waals surface area contributed by atoms with Crippen LogP contribution in [0.5, 0.6) is 5.75 Å². The fraction of sp³-hybridized carbons (Fsp3) is 0.182. The van der Waals surface area contributed by atoms with Crippen LogP contribution in [-0.2, 0) is 11.3 Å². The van der Waals surface area contributed by atoms with E-state index in [1.165, 1.54) is 42.2 Å². The molecule has 0 spiro atoms. The van der Waals surface area contributed by atoms with Crippen LogP contribution in [-0.4, -0.2) is 44.6 Å². The molecule has 1 fully saturated rings. The molecule has 0 radical (unpaired) electrons. The van der Waals surface area contributed by atoms with Crippen molar-refractivity contribution in [2.75, 3.05) is 18.1 Å². The summed E-state index contributed by atoms with van der Waals surface area (Å²) in [6.07, 6.45) is -1.31. The van der Waals surface area contributed by atoms with Crippen LogP contribution in [0.3, 0.4) is 0 Å². The van der Waals surface area contributed by atoms with Gasteiger partial charge in [-0.3, -0.25) is 28.9 Å². The SMILES string of the molecule is Cc1c(Cn2c(=O)c(OC(=O)O)cn(-c3ccc(N4CCOC4=O)cc3)c2=O)cccc1[N+](=O)[O-]. The van der Waals surface area contributed by atoms with E-state index in [9.17, 15) is 29.3 Å². The molecule has 0 aliphatic carbocycles. The van der Waals surface area contributed by atoms with Crippen molar-refractivity contribution in [2.24, 2.45) is 0 Å². The molecule has 2 heterocycles. The van der Waals surface area contributed by atoms with Crippen LogP contribution in [0.1, 0.15) is 11.1 Å². The number of nitro groups is 1. The number of nitrogens with zero attached hydrogens (tertiary/aromatic N) is 4. The van der Waals surface area contributed by atoms with Gasteiger partial charge < -0.3 is 14.6 Å². The van der Waals surface area contributed by atoms with E-state index in [1.807, 2.05) is 0 Å². The Labute approximate surface area is 196 Å². The molecule has 1 amide bonds. The second kappa shape index (κ2) is 9.13. The van der Waals surface area contributed by atoms with Gasteiger partial charge in [0.1, 0.15) is 6.61 Å². The lowest BCUT2D eigenvalue weighted by molar-refractivity contribution is -0.385. The van der Waals surface area contributed by atoms with Gasteiger partial charge >= 0.3 is 17.9 Å². The Hall–Kier alpha value is -4.94. The highest BCUT2D eigenvalue weighted by atomic mass is 16.7. The number of hydrogen-bond donors (Lipinski definition) is 1. The molecule has 1 aromatic heterocycles. The van der Waals surface area contributed by atoms with Crippen LogP contribution in [0.4, 0.5) is 21.0 Å². The topological polar surface area (TPSA) is 163 Å². The van der Waals surface area contributed by atoms with Gasteiger partial charge in [0.25, 0.3) is 11.2 Å². The van der Waals surface area contributed by atoms with Crippen molar-refractivity contribution < 1.29 is 29.1 Å². The molecule has 0 saturated carbocycles. The third-order valence-corrected chi connectivity index (χ3v) is 5.48. The van der Waals surface area contributed by atoms with Crippen LogP contribution >= 0.6 is 0 Å². The van der Waals surface area contributed by atoms with Gasteiger partial charge in [0, 0.05) is 17.3 Å². The largest absolute Gasteiger partial charge is 0.511 e. The van der Waals surface area contributed by atoms with E-state index < -0.39 is 34.2 Å². The van der Waals surface area contributed by atoms with Gasteiger partial charge in [-0.05, 0) is 36.8 Å². The van der Waals surface area contributed by atoms with E-state index in [4.69, 9.17) is 9.84 Å². The van der Waals surface area contributed by atoms with Gasteiger partial charge in [-0.15, -0.1) is 0 Å². The number of aromatic nitrogens is 2. The van der Waals surface area contributed by atoms with Gasteiger partial charge in [0.2, 0.25) is 5.75 Å². The summed E-state index contributed by atoms with van der Waals surface area (Å²) in [6, 6.07) is 10.4. The fourth-order valence-electron chi connectivity index (χ4n) is 3.70. The summed E-state index contributed by atoms with van der Waals surface area (Å²) >= 11 is 0. The molecule has 1 aliphatic rings. The molecule has 1 saturated heterocycles. The number of rotatable bonds is 6. The lowest BCUT2D eigenvalue weighted by Gasteiger charge is -2.15. The number of carboxylic acid groups (broad SMARTS) is 1. The third kappa shape index (κ3) is 4.46. The summed E-state index contributed by atoms with van der Waals surface area (Å²) in [7, 11) is 0. The first-order chi connectivity index (χ1) is 16.7. The second-order valence-corrected chi connectivity index (χ2v) is 7.51. The molecule has 4 rings (SSSR count). The van der Waals surface area contributed by atoms with Gasteiger partial charge in [0.05, 0.1) is 29.9 Å². The quantitative estimate of drug-likeness (QED) is 0.315. The Kier molecular flexibility index (Phi) is 6.06. The number of nitro benzene ring substituents is 1. The maximum absolute atomic E-state index is 13.3. The number of carbonyl (C=O) groups excluding carboxylic acids is 1. The minimum Gasteiger partial charge on any atom is -0.449 e. The molecule has 2 aromatic carbocycles. The van der Waals surface area contributed by atoms with Crippen molar-refractivity contribution in [3.8, 4) is 11.4 Å². The summed E-state index contributed by atoms with van der Waals surface area (Å²) in [5, 5.41) is 20.3. The maximum Gasteiger partial charge on any atom is 0.511 e. The summed E-state index contributed by atoms with van der Waals surface area (Å²) in [4.78, 5) is 61.1. The number of amides is 1. The van der Waals surface area contributed by atoms with E-state index in [0.717, 1.165) is 15.3 Å². The number of carbonyl (C=O) groups is 2. The zero-order valence-electron chi connectivity index (χ0n) is 18.2. The van der Waals surface area contributed by atoms with Crippen LogP contribution in [0.15, 0.2) is 58.3 Å². The number of hydrogen-bond acceptors (Lipinski definition) is 8. The molecule has 35 heavy (non-hydrogen) atoms. The number of benzene rings is 2. The summed E-state index contributed by atoms with van der Waals surface area (Å²) in [5.74, 6) is -0.632. The van der Waals surface area contributed by atoms with Gasteiger partial charge in [-0.1, -0.05) is 12.1 Å². The zero-order valence-corrected chi connectivity index (χ0v) is 18.2. The Morgan fingerprint density at radius 1 is 1.14 bits per heavy atom. The van der Waals surface area contributed by atoms with Crippen molar-refractivity contribution in [1.82, 2.24) is 9.13 Å². The van der Waals surface area contributed by atoms with E-state index in [2.05, 4.69) is 4.74 Å². The summed E-state index contributed by atoms with van der Waals surface area (Å²) < 4.78 is 11.2. The minimum absolute atomic E-state index is 0.190. The fourth-order valence-corrected chi connectivity index (χ4v) is 3.70. The highest BCUT2D eigenvalue weighted by Gasteiger charge is 2.24. The zero-order chi connectivity index (χ0) is 25.3. The molecule has 0 unspecified atom stereocenters. The lowest BCUT2D eigenvalue weighted by atomic mass is 10.1. The van der Waals surface area contributed by atoms with Crippen molar-refractivity contribution in [3.05, 3.63) is 90.7 Å². The van der Waals surface area contributed by atoms with E-state index >= 15 is 0 Å². The Balaban J connectivity index is 1.81. The van der Waals surface area contributed by atoms with Crippen LogP contribution in [0.2, 0.25) is 0 Å². The summed E-state index contributed by atoms with van der Waals surface area (Å²) in [6.45, 7) is 1.73. The normalized spacial score (nSPS) is 12.9. The van der Waals surface area contributed by atoms with Crippen molar-refractivity contribution in [3.63, 3.8) is 0 Å². The first-order valence-electron chi connectivity index (χ1n) is 10.2.